The van der Waals surface area contributed by atoms with Crippen molar-refractivity contribution in [2.24, 2.45) is 0 Å². The molecular formula is C17H21BrN2O. The van der Waals surface area contributed by atoms with E-state index < -0.39 is 0 Å². The summed E-state index contributed by atoms with van der Waals surface area (Å²) in [7, 11) is 0. The minimum atomic E-state index is 0.664. The molecule has 0 amide bonds. The summed E-state index contributed by atoms with van der Waals surface area (Å²) in [4.78, 5) is 0. The maximum absolute atomic E-state index is 5.93. The Labute approximate surface area is 134 Å². The Balaban J connectivity index is 2.23. The van der Waals surface area contributed by atoms with Crippen LogP contribution in [0.15, 0.2) is 34.8 Å². The third-order valence-electron chi connectivity index (χ3n) is 3.20. The summed E-state index contributed by atoms with van der Waals surface area (Å²) in [6.07, 6.45) is 0.961. The smallest absolute Gasteiger partial charge is 0.144 e. The van der Waals surface area contributed by atoms with E-state index in [0.717, 1.165) is 28.0 Å². The number of nitrogens with two attached hydrogens (primary N) is 1. The Bertz CT molecular complexity index is 618. The van der Waals surface area contributed by atoms with Crippen LogP contribution in [0.5, 0.6) is 5.75 Å². The van der Waals surface area contributed by atoms with Crippen LogP contribution in [-0.2, 0) is 0 Å². The van der Waals surface area contributed by atoms with Crippen molar-refractivity contribution in [3.05, 3.63) is 45.9 Å². The van der Waals surface area contributed by atoms with E-state index in [1.54, 1.807) is 0 Å². The third kappa shape index (κ3) is 3.91. The van der Waals surface area contributed by atoms with Gasteiger partial charge in [0.15, 0.2) is 0 Å². The number of halogens is 1. The quantitative estimate of drug-likeness (QED) is 0.731. The fraction of sp³-hybridized carbons (Fsp3) is 0.294. The fourth-order valence-electron chi connectivity index (χ4n) is 2.13. The molecule has 0 unspecified atom stereocenters. The van der Waals surface area contributed by atoms with Gasteiger partial charge in [-0.2, -0.15) is 0 Å². The second kappa shape index (κ2) is 6.85. The van der Waals surface area contributed by atoms with Gasteiger partial charge in [0.05, 0.1) is 12.3 Å². The van der Waals surface area contributed by atoms with Crippen molar-refractivity contribution in [3.63, 3.8) is 0 Å². The van der Waals surface area contributed by atoms with Crippen molar-refractivity contribution in [3.8, 4) is 5.75 Å². The Kier molecular flexibility index (Phi) is 5.12. The van der Waals surface area contributed by atoms with Crippen molar-refractivity contribution < 1.29 is 4.74 Å². The fourth-order valence-corrected chi connectivity index (χ4v) is 2.36. The molecular weight excluding hydrogens is 328 g/mol. The summed E-state index contributed by atoms with van der Waals surface area (Å²) in [5, 5.41) is 3.40. The summed E-state index contributed by atoms with van der Waals surface area (Å²) in [5.74, 6) is 0.729. The van der Waals surface area contributed by atoms with E-state index in [9.17, 15) is 0 Å². The maximum atomic E-state index is 5.93. The molecule has 0 saturated carbocycles. The first-order valence-electron chi connectivity index (χ1n) is 7.07. The van der Waals surface area contributed by atoms with Gasteiger partial charge in [0, 0.05) is 21.9 Å². The van der Waals surface area contributed by atoms with Crippen molar-refractivity contribution >= 4 is 33.0 Å². The largest absolute Gasteiger partial charge is 0.491 e. The number of rotatable bonds is 5. The van der Waals surface area contributed by atoms with Crippen LogP contribution >= 0.6 is 15.9 Å². The van der Waals surface area contributed by atoms with Crippen molar-refractivity contribution in [1.82, 2.24) is 0 Å². The second-order valence-electron chi connectivity index (χ2n) is 5.15. The number of hydrogen-bond donors (Lipinski definition) is 2. The molecule has 0 bridgehead atoms. The predicted octanol–water partition coefficient (Wildman–Crippen LogP) is 5.18. The molecule has 3 nitrogen and oxygen atoms in total. The molecule has 0 radical (unpaired) electrons. The molecule has 0 fully saturated rings. The lowest BCUT2D eigenvalue weighted by Crippen LogP contribution is -2.00. The van der Waals surface area contributed by atoms with E-state index in [2.05, 4.69) is 54.2 Å². The van der Waals surface area contributed by atoms with Gasteiger partial charge in [0.25, 0.3) is 0 Å². The molecule has 0 atom stereocenters. The highest BCUT2D eigenvalue weighted by Crippen LogP contribution is 2.30. The van der Waals surface area contributed by atoms with Gasteiger partial charge in [-0.25, -0.2) is 0 Å². The maximum Gasteiger partial charge on any atom is 0.144 e. The zero-order valence-electron chi connectivity index (χ0n) is 12.7. The molecule has 21 heavy (non-hydrogen) atoms. The highest BCUT2D eigenvalue weighted by molar-refractivity contribution is 9.10. The Morgan fingerprint density at radius 2 is 1.76 bits per heavy atom. The molecule has 112 valence electrons. The van der Waals surface area contributed by atoms with Crippen LogP contribution in [0.3, 0.4) is 0 Å². The molecule has 0 saturated heterocycles. The van der Waals surface area contributed by atoms with Crippen molar-refractivity contribution in [2.75, 3.05) is 17.7 Å². The summed E-state index contributed by atoms with van der Waals surface area (Å²) in [6, 6.07) is 9.99. The van der Waals surface area contributed by atoms with Crippen LogP contribution < -0.4 is 15.8 Å². The van der Waals surface area contributed by atoms with Crippen LogP contribution in [0, 0.1) is 13.8 Å². The lowest BCUT2D eigenvalue weighted by molar-refractivity contribution is 0.319. The summed E-state index contributed by atoms with van der Waals surface area (Å²) >= 11 is 3.58. The molecule has 4 heteroatoms. The van der Waals surface area contributed by atoms with Gasteiger partial charge >= 0.3 is 0 Å². The van der Waals surface area contributed by atoms with E-state index in [1.165, 1.54) is 11.1 Å². The molecule has 0 aliphatic carbocycles. The summed E-state index contributed by atoms with van der Waals surface area (Å²) < 4.78 is 6.81. The van der Waals surface area contributed by atoms with Gasteiger partial charge in [-0.1, -0.05) is 22.9 Å². The van der Waals surface area contributed by atoms with E-state index in [4.69, 9.17) is 10.5 Å². The van der Waals surface area contributed by atoms with Gasteiger partial charge in [-0.05, 0) is 55.7 Å². The Morgan fingerprint density at radius 3 is 2.38 bits per heavy atom. The van der Waals surface area contributed by atoms with Crippen LogP contribution in [-0.4, -0.2) is 6.61 Å². The topological polar surface area (TPSA) is 47.3 Å². The van der Waals surface area contributed by atoms with Crippen molar-refractivity contribution in [1.29, 1.82) is 0 Å². The highest BCUT2D eigenvalue weighted by atomic mass is 79.9. The normalized spacial score (nSPS) is 10.5. The first kappa shape index (κ1) is 15.7. The van der Waals surface area contributed by atoms with Crippen molar-refractivity contribution in [2.45, 2.75) is 27.2 Å². The number of aryl methyl sites for hydroxylation is 2. The van der Waals surface area contributed by atoms with E-state index >= 15 is 0 Å². The van der Waals surface area contributed by atoms with Gasteiger partial charge in [0.2, 0.25) is 0 Å². The first-order chi connectivity index (χ1) is 10.0. The molecule has 0 heterocycles. The SMILES string of the molecule is CCCOc1cc(Nc2cc(C)c(Br)c(C)c2)ccc1N. The Morgan fingerprint density at radius 1 is 1.10 bits per heavy atom. The number of ether oxygens (including phenoxy) is 1. The molecule has 0 spiro atoms. The summed E-state index contributed by atoms with van der Waals surface area (Å²) in [6.45, 7) is 6.91. The monoisotopic (exact) mass is 348 g/mol. The van der Waals surface area contributed by atoms with Crippen LogP contribution in [0.1, 0.15) is 24.5 Å². The number of nitrogens with one attached hydrogen (secondary N) is 1. The first-order valence-corrected chi connectivity index (χ1v) is 7.86. The molecule has 0 aliphatic heterocycles. The van der Waals surface area contributed by atoms with E-state index in [-0.39, 0.29) is 0 Å². The van der Waals surface area contributed by atoms with Gasteiger partial charge in [-0.15, -0.1) is 0 Å². The molecule has 3 N–H and O–H groups in total. The zero-order chi connectivity index (χ0) is 15.4. The van der Waals surface area contributed by atoms with E-state index in [0.29, 0.717) is 12.3 Å². The second-order valence-corrected chi connectivity index (χ2v) is 5.94. The van der Waals surface area contributed by atoms with Crippen LogP contribution in [0.4, 0.5) is 17.1 Å². The number of hydrogen-bond acceptors (Lipinski definition) is 3. The average Bonchev–Trinajstić information content (AvgIpc) is 2.45. The third-order valence-corrected chi connectivity index (χ3v) is 4.45. The summed E-state index contributed by atoms with van der Waals surface area (Å²) in [5.41, 5.74) is 11.0. The Hall–Kier alpha value is -1.68. The van der Waals surface area contributed by atoms with Crippen LogP contribution in [0.2, 0.25) is 0 Å². The predicted molar refractivity (Wildman–Crippen MR) is 93.5 cm³/mol. The lowest BCUT2D eigenvalue weighted by atomic mass is 10.1. The van der Waals surface area contributed by atoms with Gasteiger partial charge in [0.1, 0.15) is 5.75 Å². The zero-order valence-corrected chi connectivity index (χ0v) is 14.3. The number of nitrogen functional groups attached to an aromatic ring is 1. The minimum Gasteiger partial charge on any atom is -0.491 e. The minimum absolute atomic E-state index is 0.664. The van der Waals surface area contributed by atoms with E-state index in [1.807, 2.05) is 18.2 Å². The standard InChI is InChI=1S/C17H21BrN2O/c1-4-7-21-16-10-13(5-6-15(16)19)20-14-8-11(2)17(18)12(3)9-14/h5-6,8-10,20H,4,7,19H2,1-3H3. The molecule has 0 aromatic heterocycles. The van der Waals surface area contributed by atoms with Gasteiger partial charge < -0.3 is 15.8 Å². The highest BCUT2D eigenvalue weighted by Gasteiger charge is 2.05. The molecule has 2 aromatic carbocycles. The van der Waals surface area contributed by atoms with Crippen LogP contribution in [0.25, 0.3) is 0 Å². The molecule has 2 aromatic rings. The average molecular weight is 349 g/mol. The van der Waals surface area contributed by atoms with Gasteiger partial charge in [-0.3, -0.25) is 0 Å². The molecule has 0 aliphatic rings. The lowest BCUT2D eigenvalue weighted by Gasteiger charge is -2.13. The molecule has 2 rings (SSSR count). The number of benzene rings is 2. The number of anilines is 3.